The molecule has 70 valence electrons. The monoisotopic (exact) mass is 249 g/mol. The molecule has 0 aliphatic heterocycles. The Morgan fingerprint density at radius 1 is 1.57 bits per heavy atom. The van der Waals surface area contributed by atoms with E-state index in [1.54, 1.807) is 6.33 Å². The summed E-state index contributed by atoms with van der Waals surface area (Å²) < 4.78 is 0.924. The van der Waals surface area contributed by atoms with Crippen LogP contribution < -0.4 is 0 Å². The Balaban J connectivity index is 2.65. The van der Waals surface area contributed by atoms with Crippen LogP contribution in [0.2, 0.25) is 0 Å². The highest BCUT2D eigenvalue weighted by atomic mass is 79.9. The lowest BCUT2D eigenvalue weighted by molar-refractivity contribution is 0.983. The van der Waals surface area contributed by atoms with Gasteiger partial charge in [0.05, 0.1) is 23.8 Å². The Kier molecular flexibility index (Phi) is 2.26. The van der Waals surface area contributed by atoms with Crippen molar-refractivity contribution < 1.29 is 0 Å². The summed E-state index contributed by atoms with van der Waals surface area (Å²) in [5.74, 6) is -0.0981. The third kappa shape index (κ3) is 1.40. The van der Waals surface area contributed by atoms with E-state index in [4.69, 9.17) is 5.26 Å². The largest absolute Gasteiger partial charge is 0.345 e. The predicted molar refractivity (Wildman–Crippen MR) is 57.8 cm³/mol. The second-order valence-corrected chi connectivity index (χ2v) is 4.01. The molecule has 1 aromatic carbocycles. The van der Waals surface area contributed by atoms with E-state index in [0.29, 0.717) is 0 Å². The zero-order chi connectivity index (χ0) is 10.1. The number of aromatic nitrogens is 2. The summed E-state index contributed by atoms with van der Waals surface area (Å²) in [4.78, 5) is 7.19. The zero-order valence-electron chi connectivity index (χ0n) is 7.58. The van der Waals surface area contributed by atoms with E-state index in [9.17, 15) is 0 Å². The SMILES string of the molecule is CC(C#N)c1cc(Br)c2nc[nH]c2c1. The quantitative estimate of drug-likeness (QED) is 0.845. The maximum Gasteiger partial charge on any atom is 0.102 e. The van der Waals surface area contributed by atoms with E-state index in [1.165, 1.54) is 0 Å². The molecule has 0 aliphatic rings. The Hall–Kier alpha value is -1.34. The summed E-state index contributed by atoms with van der Waals surface area (Å²) in [6, 6.07) is 6.11. The van der Waals surface area contributed by atoms with Crippen LogP contribution in [-0.4, -0.2) is 9.97 Å². The van der Waals surface area contributed by atoms with Gasteiger partial charge in [-0.25, -0.2) is 4.98 Å². The van der Waals surface area contributed by atoms with Crippen LogP contribution in [0.3, 0.4) is 0 Å². The van der Waals surface area contributed by atoms with Crippen LogP contribution in [0.4, 0.5) is 0 Å². The molecule has 1 aromatic heterocycles. The first-order valence-electron chi connectivity index (χ1n) is 4.24. The van der Waals surface area contributed by atoms with Crippen molar-refractivity contribution in [3.63, 3.8) is 0 Å². The Bertz CT molecular complexity index is 510. The fourth-order valence-corrected chi connectivity index (χ4v) is 1.93. The highest BCUT2D eigenvalue weighted by Crippen LogP contribution is 2.26. The molecule has 0 bridgehead atoms. The molecule has 0 spiro atoms. The van der Waals surface area contributed by atoms with Crippen molar-refractivity contribution >= 4 is 27.0 Å². The van der Waals surface area contributed by atoms with Gasteiger partial charge in [-0.3, -0.25) is 0 Å². The van der Waals surface area contributed by atoms with Gasteiger partial charge in [-0.05, 0) is 40.5 Å². The molecule has 0 fully saturated rings. The molecular formula is C10H8BrN3. The summed E-state index contributed by atoms with van der Waals surface area (Å²) in [6.45, 7) is 1.88. The normalized spacial score (nSPS) is 12.6. The molecule has 0 radical (unpaired) electrons. The van der Waals surface area contributed by atoms with Crippen molar-refractivity contribution in [2.24, 2.45) is 0 Å². The van der Waals surface area contributed by atoms with Crippen molar-refractivity contribution in [3.05, 3.63) is 28.5 Å². The number of benzene rings is 1. The minimum Gasteiger partial charge on any atom is -0.345 e. The molecule has 1 heterocycles. The summed E-state index contributed by atoms with van der Waals surface area (Å²) in [5.41, 5.74) is 2.85. The number of nitriles is 1. The van der Waals surface area contributed by atoms with Crippen molar-refractivity contribution in [1.29, 1.82) is 5.26 Å². The van der Waals surface area contributed by atoms with E-state index in [0.717, 1.165) is 21.1 Å². The second kappa shape index (κ2) is 3.43. The van der Waals surface area contributed by atoms with Gasteiger partial charge in [-0.1, -0.05) is 0 Å². The van der Waals surface area contributed by atoms with Crippen LogP contribution in [0.15, 0.2) is 22.9 Å². The summed E-state index contributed by atoms with van der Waals surface area (Å²) >= 11 is 3.43. The highest BCUT2D eigenvalue weighted by Gasteiger charge is 2.08. The van der Waals surface area contributed by atoms with E-state index < -0.39 is 0 Å². The number of nitrogens with zero attached hydrogens (tertiary/aromatic N) is 2. The van der Waals surface area contributed by atoms with Gasteiger partial charge in [0.1, 0.15) is 5.52 Å². The van der Waals surface area contributed by atoms with Crippen LogP contribution in [0.1, 0.15) is 18.4 Å². The van der Waals surface area contributed by atoms with Crippen molar-refractivity contribution in [3.8, 4) is 6.07 Å². The van der Waals surface area contributed by atoms with Gasteiger partial charge in [0.15, 0.2) is 0 Å². The Morgan fingerprint density at radius 2 is 2.36 bits per heavy atom. The van der Waals surface area contributed by atoms with Gasteiger partial charge in [0, 0.05) is 4.47 Å². The molecule has 2 rings (SSSR count). The number of aromatic amines is 1. The standard InChI is InChI=1S/C10H8BrN3/c1-6(4-12)7-2-8(11)10-9(3-7)13-5-14-10/h2-3,5-6H,1H3,(H,13,14). The minimum atomic E-state index is -0.0981. The summed E-state index contributed by atoms with van der Waals surface area (Å²) in [7, 11) is 0. The first kappa shape index (κ1) is 9.22. The summed E-state index contributed by atoms with van der Waals surface area (Å²) in [5, 5.41) is 8.81. The van der Waals surface area contributed by atoms with Gasteiger partial charge in [-0.2, -0.15) is 5.26 Å². The topological polar surface area (TPSA) is 52.5 Å². The van der Waals surface area contributed by atoms with Crippen LogP contribution >= 0.6 is 15.9 Å². The van der Waals surface area contributed by atoms with Crippen LogP contribution in [0, 0.1) is 11.3 Å². The molecular weight excluding hydrogens is 242 g/mol. The Labute approximate surface area is 89.9 Å². The first-order valence-corrected chi connectivity index (χ1v) is 5.04. The fourth-order valence-electron chi connectivity index (χ4n) is 1.35. The smallest absolute Gasteiger partial charge is 0.102 e. The van der Waals surface area contributed by atoms with E-state index in [-0.39, 0.29) is 5.92 Å². The summed E-state index contributed by atoms with van der Waals surface area (Å²) in [6.07, 6.45) is 1.65. The predicted octanol–water partition coefficient (Wildman–Crippen LogP) is 2.95. The molecule has 2 aromatic rings. The van der Waals surface area contributed by atoms with Gasteiger partial charge < -0.3 is 4.98 Å². The van der Waals surface area contributed by atoms with Gasteiger partial charge >= 0.3 is 0 Å². The van der Waals surface area contributed by atoms with E-state index >= 15 is 0 Å². The third-order valence-electron chi connectivity index (χ3n) is 2.19. The zero-order valence-corrected chi connectivity index (χ0v) is 9.17. The van der Waals surface area contributed by atoms with Crippen LogP contribution in [0.5, 0.6) is 0 Å². The van der Waals surface area contributed by atoms with E-state index in [2.05, 4.69) is 32.0 Å². The molecule has 3 nitrogen and oxygen atoms in total. The van der Waals surface area contributed by atoms with Crippen LogP contribution in [-0.2, 0) is 0 Å². The van der Waals surface area contributed by atoms with Gasteiger partial charge in [-0.15, -0.1) is 0 Å². The van der Waals surface area contributed by atoms with Gasteiger partial charge in [0.25, 0.3) is 0 Å². The average Bonchev–Trinajstić information content (AvgIpc) is 2.64. The van der Waals surface area contributed by atoms with Crippen molar-refractivity contribution in [2.45, 2.75) is 12.8 Å². The molecule has 1 N–H and O–H groups in total. The molecule has 4 heteroatoms. The van der Waals surface area contributed by atoms with Crippen LogP contribution in [0.25, 0.3) is 11.0 Å². The number of halogens is 1. The lowest BCUT2D eigenvalue weighted by Gasteiger charge is -2.03. The lowest BCUT2D eigenvalue weighted by Crippen LogP contribution is -1.89. The van der Waals surface area contributed by atoms with Crippen molar-refractivity contribution in [2.75, 3.05) is 0 Å². The minimum absolute atomic E-state index is 0.0981. The highest BCUT2D eigenvalue weighted by molar-refractivity contribution is 9.10. The number of H-pyrrole nitrogens is 1. The molecule has 0 saturated carbocycles. The number of imidazole rings is 1. The lowest BCUT2D eigenvalue weighted by atomic mass is 10.0. The second-order valence-electron chi connectivity index (χ2n) is 3.15. The number of rotatable bonds is 1. The van der Waals surface area contributed by atoms with Gasteiger partial charge in [0.2, 0.25) is 0 Å². The third-order valence-corrected chi connectivity index (χ3v) is 2.80. The maximum atomic E-state index is 8.81. The van der Waals surface area contributed by atoms with E-state index in [1.807, 2.05) is 19.1 Å². The average molecular weight is 250 g/mol. The number of nitrogens with one attached hydrogen (secondary N) is 1. The Morgan fingerprint density at radius 3 is 3.07 bits per heavy atom. The number of fused-ring (bicyclic) bond motifs is 1. The molecule has 1 atom stereocenters. The maximum absolute atomic E-state index is 8.81. The first-order chi connectivity index (χ1) is 6.72. The molecule has 0 aliphatic carbocycles. The fraction of sp³-hybridized carbons (Fsp3) is 0.200. The molecule has 14 heavy (non-hydrogen) atoms. The molecule has 1 unspecified atom stereocenters. The molecule has 0 saturated heterocycles. The molecule has 0 amide bonds. The van der Waals surface area contributed by atoms with Crippen molar-refractivity contribution in [1.82, 2.24) is 9.97 Å². The number of hydrogen-bond acceptors (Lipinski definition) is 2. The number of hydrogen-bond donors (Lipinski definition) is 1.